The summed E-state index contributed by atoms with van der Waals surface area (Å²) in [6, 6.07) is 0. The van der Waals surface area contributed by atoms with Crippen molar-refractivity contribution in [3.8, 4) is 0 Å². The molecule has 0 aliphatic carbocycles. The summed E-state index contributed by atoms with van der Waals surface area (Å²) in [5, 5.41) is 3.30. The van der Waals surface area contributed by atoms with Gasteiger partial charge in [0.15, 0.2) is 0 Å². The van der Waals surface area contributed by atoms with E-state index < -0.39 is 0 Å². The zero-order valence-corrected chi connectivity index (χ0v) is 10.0. The number of esters is 1. The Hall–Kier alpha value is -0.610. The lowest BCUT2D eigenvalue weighted by molar-refractivity contribution is -0.147. The number of rotatable bonds is 9. The number of carbonyl (C=O) groups excluding carboxylic acids is 1. The van der Waals surface area contributed by atoms with Crippen molar-refractivity contribution >= 4 is 5.97 Å². The molecule has 0 atom stereocenters. The van der Waals surface area contributed by atoms with Crippen molar-refractivity contribution in [2.75, 3.05) is 33.4 Å². The van der Waals surface area contributed by atoms with Gasteiger partial charge in [-0.1, -0.05) is 13.8 Å². The average molecular weight is 217 g/mol. The lowest BCUT2D eigenvalue weighted by atomic mass is 10.1. The maximum absolute atomic E-state index is 10.9. The van der Waals surface area contributed by atoms with E-state index in [1.807, 2.05) is 0 Å². The SMILES string of the molecule is COCC(=O)OCCCNCCC(C)C. The Morgan fingerprint density at radius 1 is 1.33 bits per heavy atom. The fourth-order valence-electron chi connectivity index (χ4n) is 1.06. The molecule has 0 bridgehead atoms. The molecule has 0 radical (unpaired) electrons. The van der Waals surface area contributed by atoms with Gasteiger partial charge in [0.05, 0.1) is 6.61 Å². The third-order valence-electron chi connectivity index (χ3n) is 1.92. The van der Waals surface area contributed by atoms with Crippen LogP contribution in [0.4, 0.5) is 0 Å². The van der Waals surface area contributed by atoms with Gasteiger partial charge in [-0.25, -0.2) is 4.79 Å². The molecule has 4 heteroatoms. The first-order valence-corrected chi connectivity index (χ1v) is 5.52. The quantitative estimate of drug-likeness (QED) is 0.466. The first-order chi connectivity index (χ1) is 7.16. The van der Waals surface area contributed by atoms with Crippen LogP contribution in [0.5, 0.6) is 0 Å². The fourth-order valence-corrected chi connectivity index (χ4v) is 1.06. The molecule has 15 heavy (non-hydrogen) atoms. The van der Waals surface area contributed by atoms with Gasteiger partial charge in [-0.3, -0.25) is 0 Å². The minimum absolute atomic E-state index is 0.0424. The predicted molar refractivity (Wildman–Crippen MR) is 59.8 cm³/mol. The van der Waals surface area contributed by atoms with Gasteiger partial charge in [0.2, 0.25) is 0 Å². The highest BCUT2D eigenvalue weighted by Gasteiger charge is 2.00. The van der Waals surface area contributed by atoms with Crippen molar-refractivity contribution < 1.29 is 14.3 Å². The van der Waals surface area contributed by atoms with E-state index in [2.05, 4.69) is 23.9 Å². The zero-order valence-electron chi connectivity index (χ0n) is 10.0. The zero-order chi connectivity index (χ0) is 11.5. The molecule has 0 aliphatic rings. The van der Waals surface area contributed by atoms with E-state index in [9.17, 15) is 4.79 Å². The van der Waals surface area contributed by atoms with Crippen molar-refractivity contribution in [3.63, 3.8) is 0 Å². The second kappa shape index (κ2) is 9.93. The molecule has 0 rings (SSSR count). The first-order valence-electron chi connectivity index (χ1n) is 5.52. The van der Waals surface area contributed by atoms with E-state index in [1.165, 1.54) is 13.5 Å². The Morgan fingerprint density at radius 2 is 2.07 bits per heavy atom. The van der Waals surface area contributed by atoms with Gasteiger partial charge in [0.1, 0.15) is 6.61 Å². The molecule has 0 unspecified atom stereocenters. The Morgan fingerprint density at radius 3 is 2.67 bits per heavy atom. The summed E-state index contributed by atoms with van der Waals surface area (Å²) in [5.41, 5.74) is 0. The van der Waals surface area contributed by atoms with Crippen molar-refractivity contribution in [1.82, 2.24) is 5.32 Å². The molecule has 0 heterocycles. The lowest BCUT2D eigenvalue weighted by Gasteiger charge is -2.07. The molecule has 0 aromatic heterocycles. The fraction of sp³-hybridized carbons (Fsp3) is 0.909. The van der Waals surface area contributed by atoms with E-state index in [1.54, 1.807) is 0 Å². The third kappa shape index (κ3) is 11.3. The molecular weight excluding hydrogens is 194 g/mol. The van der Waals surface area contributed by atoms with E-state index in [4.69, 9.17) is 4.74 Å². The van der Waals surface area contributed by atoms with Crippen LogP contribution in [-0.2, 0) is 14.3 Å². The van der Waals surface area contributed by atoms with Gasteiger partial charge in [0, 0.05) is 7.11 Å². The molecule has 0 amide bonds. The van der Waals surface area contributed by atoms with Gasteiger partial charge < -0.3 is 14.8 Å². The van der Waals surface area contributed by atoms with Crippen LogP contribution in [-0.4, -0.2) is 39.4 Å². The second-order valence-electron chi connectivity index (χ2n) is 3.94. The van der Waals surface area contributed by atoms with Crippen LogP contribution < -0.4 is 5.32 Å². The van der Waals surface area contributed by atoms with Crippen LogP contribution >= 0.6 is 0 Å². The van der Waals surface area contributed by atoms with Gasteiger partial charge in [-0.15, -0.1) is 0 Å². The predicted octanol–water partition coefficient (Wildman–Crippen LogP) is 1.20. The molecular formula is C11H23NO3. The number of hydrogen-bond acceptors (Lipinski definition) is 4. The summed E-state index contributed by atoms with van der Waals surface area (Å²) >= 11 is 0. The second-order valence-corrected chi connectivity index (χ2v) is 3.94. The van der Waals surface area contributed by atoms with E-state index >= 15 is 0 Å². The van der Waals surface area contributed by atoms with Crippen molar-refractivity contribution in [2.45, 2.75) is 26.7 Å². The van der Waals surface area contributed by atoms with Gasteiger partial charge in [-0.2, -0.15) is 0 Å². The standard InChI is InChI=1S/C11H23NO3/c1-10(2)5-7-12-6-4-8-15-11(13)9-14-3/h10,12H,4-9H2,1-3H3. The largest absolute Gasteiger partial charge is 0.464 e. The Bertz CT molecular complexity index is 160. The summed E-state index contributed by atoms with van der Waals surface area (Å²) in [4.78, 5) is 10.9. The monoisotopic (exact) mass is 217 g/mol. The minimum Gasteiger partial charge on any atom is -0.464 e. The molecule has 0 fully saturated rings. The van der Waals surface area contributed by atoms with Crippen LogP contribution in [0, 0.1) is 5.92 Å². The molecule has 90 valence electrons. The lowest BCUT2D eigenvalue weighted by Crippen LogP contribution is -2.20. The molecule has 1 N–H and O–H groups in total. The molecule has 0 aliphatic heterocycles. The Balaban J connectivity index is 3.08. The summed E-state index contributed by atoms with van der Waals surface area (Å²) in [6.07, 6.45) is 2.04. The molecule has 0 spiro atoms. The summed E-state index contributed by atoms with van der Waals surface area (Å²) < 4.78 is 9.54. The smallest absolute Gasteiger partial charge is 0.332 e. The maximum Gasteiger partial charge on any atom is 0.332 e. The summed E-state index contributed by atoms with van der Waals surface area (Å²) in [7, 11) is 1.48. The summed E-state index contributed by atoms with van der Waals surface area (Å²) in [5.74, 6) is 0.441. The van der Waals surface area contributed by atoms with Gasteiger partial charge >= 0.3 is 5.97 Å². The highest BCUT2D eigenvalue weighted by atomic mass is 16.6. The number of carbonyl (C=O) groups is 1. The highest BCUT2D eigenvalue weighted by molar-refractivity contribution is 5.70. The normalized spacial score (nSPS) is 10.7. The van der Waals surface area contributed by atoms with E-state index in [-0.39, 0.29) is 12.6 Å². The number of methoxy groups -OCH3 is 1. The van der Waals surface area contributed by atoms with Gasteiger partial charge in [-0.05, 0) is 31.8 Å². The molecule has 0 aromatic carbocycles. The van der Waals surface area contributed by atoms with Crippen molar-refractivity contribution in [2.24, 2.45) is 5.92 Å². The topological polar surface area (TPSA) is 47.6 Å². The van der Waals surface area contributed by atoms with Gasteiger partial charge in [0.25, 0.3) is 0 Å². The van der Waals surface area contributed by atoms with Crippen molar-refractivity contribution in [3.05, 3.63) is 0 Å². The van der Waals surface area contributed by atoms with E-state index in [0.29, 0.717) is 6.61 Å². The third-order valence-corrected chi connectivity index (χ3v) is 1.92. The number of ether oxygens (including phenoxy) is 2. The number of nitrogens with one attached hydrogen (secondary N) is 1. The first kappa shape index (κ1) is 14.4. The molecule has 0 saturated carbocycles. The van der Waals surface area contributed by atoms with Crippen LogP contribution in [0.15, 0.2) is 0 Å². The van der Waals surface area contributed by atoms with Crippen LogP contribution in [0.1, 0.15) is 26.7 Å². The van der Waals surface area contributed by atoms with Crippen LogP contribution in [0.3, 0.4) is 0 Å². The van der Waals surface area contributed by atoms with Crippen LogP contribution in [0.2, 0.25) is 0 Å². The minimum atomic E-state index is -0.292. The average Bonchev–Trinajstić information content (AvgIpc) is 2.16. The Labute approximate surface area is 92.3 Å². The van der Waals surface area contributed by atoms with E-state index in [0.717, 1.165) is 25.4 Å². The number of hydrogen-bond donors (Lipinski definition) is 1. The maximum atomic E-state index is 10.9. The van der Waals surface area contributed by atoms with Crippen LogP contribution in [0.25, 0.3) is 0 Å². The molecule has 0 saturated heterocycles. The highest BCUT2D eigenvalue weighted by Crippen LogP contribution is 1.96. The molecule has 4 nitrogen and oxygen atoms in total. The Kier molecular flexibility index (Phi) is 9.52. The summed E-state index contributed by atoms with van der Waals surface area (Å²) in [6.45, 7) is 6.84. The van der Waals surface area contributed by atoms with Crippen molar-refractivity contribution in [1.29, 1.82) is 0 Å². The molecule has 0 aromatic rings.